The number of aromatic nitrogens is 2. The zero-order valence-electron chi connectivity index (χ0n) is 11.8. The molecule has 3 rings (SSSR count). The summed E-state index contributed by atoms with van der Waals surface area (Å²) in [6.07, 6.45) is -0.716. The van der Waals surface area contributed by atoms with Crippen LogP contribution in [-0.4, -0.2) is 23.1 Å². The van der Waals surface area contributed by atoms with Crippen molar-refractivity contribution >= 4 is 12.4 Å². The number of alkyl halides is 3. The van der Waals surface area contributed by atoms with Crippen molar-refractivity contribution in [3.05, 3.63) is 41.9 Å². The van der Waals surface area contributed by atoms with Crippen LogP contribution >= 0.6 is 12.4 Å². The molecule has 120 valence electrons. The predicted octanol–water partition coefficient (Wildman–Crippen LogP) is 3.98. The highest BCUT2D eigenvalue weighted by atomic mass is 35.5. The Labute approximate surface area is 132 Å². The van der Waals surface area contributed by atoms with E-state index in [0.29, 0.717) is 17.2 Å². The summed E-state index contributed by atoms with van der Waals surface area (Å²) >= 11 is 0. The van der Waals surface area contributed by atoms with E-state index in [1.807, 2.05) is 0 Å². The number of H-pyrrole nitrogens is 1. The van der Waals surface area contributed by atoms with Crippen molar-refractivity contribution in [1.29, 1.82) is 0 Å². The topological polar surface area (TPSA) is 40.7 Å². The van der Waals surface area contributed by atoms with Crippen molar-refractivity contribution in [3.8, 4) is 11.3 Å². The monoisotopic (exact) mass is 331 g/mol. The van der Waals surface area contributed by atoms with Crippen LogP contribution in [0, 0.1) is 0 Å². The van der Waals surface area contributed by atoms with Crippen molar-refractivity contribution in [1.82, 2.24) is 15.3 Å². The highest BCUT2D eigenvalue weighted by molar-refractivity contribution is 5.85. The highest BCUT2D eigenvalue weighted by Crippen LogP contribution is 2.32. The molecule has 0 aliphatic carbocycles. The van der Waals surface area contributed by atoms with E-state index in [1.165, 1.54) is 6.07 Å². The molecule has 1 aromatic carbocycles. The molecule has 0 saturated carbocycles. The molecule has 2 heterocycles. The lowest BCUT2D eigenvalue weighted by Crippen LogP contribution is -2.27. The number of aromatic amines is 1. The Morgan fingerprint density at radius 2 is 1.86 bits per heavy atom. The largest absolute Gasteiger partial charge is 0.416 e. The Hall–Kier alpha value is -1.53. The molecule has 0 unspecified atom stereocenters. The SMILES string of the molecule is Cl.FC(F)(F)c1cccc(-c2cnc(C3CCNCC3)[nH]2)c1. The summed E-state index contributed by atoms with van der Waals surface area (Å²) in [5, 5.41) is 3.28. The normalized spacial score (nSPS) is 16.3. The molecule has 0 spiro atoms. The van der Waals surface area contributed by atoms with E-state index in [1.54, 1.807) is 12.3 Å². The quantitative estimate of drug-likeness (QED) is 0.873. The van der Waals surface area contributed by atoms with Crippen molar-refractivity contribution in [2.45, 2.75) is 24.9 Å². The number of halogens is 4. The molecule has 1 saturated heterocycles. The van der Waals surface area contributed by atoms with E-state index >= 15 is 0 Å². The molecule has 0 radical (unpaired) electrons. The summed E-state index contributed by atoms with van der Waals surface area (Å²) in [6, 6.07) is 5.31. The van der Waals surface area contributed by atoms with Gasteiger partial charge in [-0.25, -0.2) is 4.98 Å². The molecular weight excluding hydrogens is 315 g/mol. The first-order valence-corrected chi connectivity index (χ1v) is 6.97. The first-order chi connectivity index (χ1) is 10.0. The van der Waals surface area contributed by atoms with Crippen molar-refractivity contribution < 1.29 is 13.2 Å². The van der Waals surface area contributed by atoms with Crippen LogP contribution in [0.1, 0.15) is 30.1 Å². The third-order valence-electron chi connectivity index (χ3n) is 3.82. The number of nitrogens with one attached hydrogen (secondary N) is 2. The van der Waals surface area contributed by atoms with Gasteiger partial charge < -0.3 is 10.3 Å². The second-order valence-corrected chi connectivity index (χ2v) is 5.28. The molecule has 2 aromatic rings. The van der Waals surface area contributed by atoms with Crippen LogP contribution in [0.15, 0.2) is 30.5 Å². The molecule has 0 bridgehead atoms. The lowest BCUT2D eigenvalue weighted by Gasteiger charge is -2.20. The van der Waals surface area contributed by atoms with Gasteiger partial charge in [-0.3, -0.25) is 0 Å². The maximum Gasteiger partial charge on any atom is 0.416 e. The molecule has 0 amide bonds. The number of hydrogen-bond acceptors (Lipinski definition) is 2. The molecule has 1 aromatic heterocycles. The molecule has 2 N–H and O–H groups in total. The van der Waals surface area contributed by atoms with Crippen molar-refractivity contribution in [2.75, 3.05) is 13.1 Å². The van der Waals surface area contributed by atoms with E-state index < -0.39 is 11.7 Å². The second-order valence-electron chi connectivity index (χ2n) is 5.28. The number of piperidine rings is 1. The van der Waals surface area contributed by atoms with Gasteiger partial charge in [-0.15, -0.1) is 12.4 Å². The van der Waals surface area contributed by atoms with Gasteiger partial charge >= 0.3 is 6.18 Å². The maximum absolute atomic E-state index is 12.7. The summed E-state index contributed by atoms with van der Waals surface area (Å²) in [5.74, 6) is 1.22. The van der Waals surface area contributed by atoms with Crippen LogP contribution in [0.5, 0.6) is 0 Å². The Balaban J connectivity index is 0.00000176. The molecule has 0 atom stereocenters. The van der Waals surface area contributed by atoms with Crippen LogP contribution in [0.2, 0.25) is 0 Å². The van der Waals surface area contributed by atoms with E-state index in [4.69, 9.17) is 0 Å². The fraction of sp³-hybridized carbons (Fsp3) is 0.400. The Bertz CT molecular complexity index is 618. The maximum atomic E-state index is 12.7. The number of nitrogens with zero attached hydrogens (tertiary/aromatic N) is 1. The minimum absolute atomic E-state index is 0. The summed E-state index contributed by atoms with van der Waals surface area (Å²) in [6.45, 7) is 1.90. The van der Waals surface area contributed by atoms with E-state index in [2.05, 4.69) is 15.3 Å². The average Bonchev–Trinajstić information content (AvgIpc) is 2.97. The molecular formula is C15H17ClF3N3. The summed E-state index contributed by atoms with van der Waals surface area (Å²) in [5.41, 5.74) is 0.505. The lowest BCUT2D eigenvalue weighted by atomic mass is 9.98. The Morgan fingerprint density at radius 1 is 1.14 bits per heavy atom. The highest BCUT2D eigenvalue weighted by Gasteiger charge is 2.30. The van der Waals surface area contributed by atoms with E-state index in [9.17, 15) is 13.2 Å². The second kappa shape index (κ2) is 6.71. The third-order valence-corrected chi connectivity index (χ3v) is 3.82. The van der Waals surface area contributed by atoms with Gasteiger partial charge in [0.15, 0.2) is 0 Å². The Morgan fingerprint density at radius 3 is 2.55 bits per heavy atom. The minimum Gasteiger partial charge on any atom is -0.342 e. The van der Waals surface area contributed by atoms with Gasteiger partial charge in [-0.1, -0.05) is 12.1 Å². The number of rotatable bonds is 2. The standard InChI is InChI=1S/C15H16F3N3.ClH/c16-15(17,18)12-3-1-2-11(8-12)13-9-20-14(21-13)10-4-6-19-7-5-10;/h1-3,8-10,19H,4-7H2,(H,20,21);1H. The molecule has 1 aliphatic heterocycles. The number of imidazole rings is 1. The molecule has 3 nitrogen and oxygen atoms in total. The first-order valence-electron chi connectivity index (χ1n) is 6.97. The average molecular weight is 332 g/mol. The van der Waals surface area contributed by atoms with Gasteiger partial charge in [0.05, 0.1) is 17.5 Å². The van der Waals surface area contributed by atoms with Gasteiger partial charge in [-0.05, 0) is 38.1 Å². The van der Waals surface area contributed by atoms with Gasteiger partial charge in [0.1, 0.15) is 5.82 Å². The van der Waals surface area contributed by atoms with Crippen LogP contribution in [0.25, 0.3) is 11.3 Å². The lowest BCUT2D eigenvalue weighted by molar-refractivity contribution is -0.137. The van der Waals surface area contributed by atoms with Gasteiger partial charge in [0, 0.05) is 11.5 Å². The fourth-order valence-corrected chi connectivity index (χ4v) is 2.65. The zero-order chi connectivity index (χ0) is 14.9. The van der Waals surface area contributed by atoms with Crippen LogP contribution < -0.4 is 5.32 Å². The third kappa shape index (κ3) is 3.62. The number of hydrogen-bond donors (Lipinski definition) is 2. The molecule has 7 heteroatoms. The minimum atomic E-state index is -4.33. The fourth-order valence-electron chi connectivity index (χ4n) is 2.65. The first kappa shape index (κ1) is 16.8. The van der Waals surface area contributed by atoms with Gasteiger partial charge in [0.25, 0.3) is 0 Å². The number of benzene rings is 1. The van der Waals surface area contributed by atoms with Crippen molar-refractivity contribution in [3.63, 3.8) is 0 Å². The van der Waals surface area contributed by atoms with Crippen molar-refractivity contribution in [2.24, 2.45) is 0 Å². The van der Waals surface area contributed by atoms with E-state index in [0.717, 1.165) is 43.9 Å². The smallest absolute Gasteiger partial charge is 0.342 e. The Kier molecular flexibility index (Phi) is 5.13. The van der Waals surface area contributed by atoms with Crippen LogP contribution in [0.4, 0.5) is 13.2 Å². The molecule has 1 fully saturated rings. The van der Waals surface area contributed by atoms with Gasteiger partial charge in [0.2, 0.25) is 0 Å². The summed E-state index contributed by atoms with van der Waals surface area (Å²) < 4.78 is 38.2. The van der Waals surface area contributed by atoms with Gasteiger partial charge in [-0.2, -0.15) is 13.2 Å². The molecule has 22 heavy (non-hydrogen) atoms. The van der Waals surface area contributed by atoms with Crippen LogP contribution in [-0.2, 0) is 6.18 Å². The summed E-state index contributed by atoms with van der Waals surface area (Å²) in [4.78, 5) is 7.52. The molecule has 1 aliphatic rings. The predicted molar refractivity (Wildman–Crippen MR) is 81.1 cm³/mol. The van der Waals surface area contributed by atoms with E-state index in [-0.39, 0.29) is 12.4 Å². The summed E-state index contributed by atoms with van der Waals surface area (Å²) in [7, 11) is 0. The zero-order valence-corrected chi connectivity index (χ0v) is 12.6. The van der Waals surface area contributed by atoms with Crippen LogP contribution in [0.3, 0.4) is 0 Å².